The largest absolute Gasteiger partial charge is 0.399 e. The second kappa shape index (κ2) is 7.04. The maximum Gasteiger partial charge on any atom is 0.202 e. The Bertz CT molecular complexity index is 630. The van der Waals surface area contributed by atoms with Gasteiger partial charge in [0, 0.05) is 36.8 Å². The van der Waals surface area contributed by atoms with Crippen molar-refractivity contribution in [3.05, 3.63) is 53.3 Å². The molecule has 3 N–H and O–H groups in total. The van der Waals surface area contributed by atoms with Crippen molar-refractivity contribution in [2.75, 3.05) is 25.4 Å². The highest BCUT2D eigenvalue weighted by atomic mass is 16.3. The van der Waals surface area contributed by atoms with Gasteiger partial charge in [0.25, 0.3) is 0 Å². The third kappa shape index (κ3) is 3.62. The predicted octanol–water partition coefficient (Wildman–Crippen LogP) is 1.09. The van der Waals surface area contributed by atoms with Gasteiger partial charge in [0.2, 0.25) is 5.78 Å². The quantitative estimate of drug-likeness (QED) is 0.607. The van der Waals surface area contributed by atoms with E-state index in [-0.39, 0.29) is 18.2 Å². The number of likely N-dealkylation sites (N-methyl/N-ethyl adjacent to an activating group) is 1. The van der Waals surface area contributed by atoms with Crippen molar-refractivity contribution in [2.45, 2.75) is 13.3 Å². The first-order chi connectivity index (χ1) is 10.5. The highest BCUT2D eigenvalue weighted by Gasteiger charge is 2.23. The lowest BCUT2D eigenvalue weighted by Crippen LogP contribution is -2.32. The fourth-order valence-electron chi connectivity index (χ4n) is 2.40. The van der Waals surface area contributed by atoms with Crippen LogP contribution in [0.2, 0.25) is 0 Å². The van der Waals surface area contributed by atoms with Crippen LogP contribution in [-0.4, -0.2) is 41.3 Å². The van der Waals surface area contributed by atoms with Crippen molar-refractivity contribution in [1.82, 2.24) is 4.90 Å². The highest BCUT2D eigenvalue weighted by molar-refractivity contribution is 6.19. The van der Waals surface area contributed by atoms with Gasteiger partial charge >= 0.3 is 0 Å². The van der Waals surface area contributed by atoms with Crippen LogP contribution < -0.4 is 5.73 Å². The average molecular weight is 300 g/mol. The number of carbonyl (C=O) groups is 2. The van der Waals surface area contributed by atoms with E-state index >= 15 is 0 Å². The summed E-state index contributed by atoms with van der Waals surface area (Å²) in [5.41, 5.74) is 8.05. The lowest BCUT2D eigenvalue weighted by molar-refractivity contribution is -0.116. The molecule has 22 heavy (non-hydrogen) atoms. The molecular weight excluding hydrogens is 280 g/mol. The third-order valence-electron chi connectivity index (χ3n) is 3.61. The number of hydrogen-bond donors (Lipinski definition) is 2. The molecule has 0 aliphatic heterocycles. The Kier molecular flexibility index (Phi) is 5.12. The zero-order valence-corrected chi connectivity index (χ0v) is 12.6. The Morgan fingerprint density at radius 1 is 1.09 bits per heavy atom. The molecule has 1 aliphatic rings. The molecule has 1 aromatic carbocycles. The molecule has 0 saturated carbocycles. The molecule has 0 spiro atoms. The lowest BCUT2D eigenvalue weighted by Gasteiger charge is -2.25. The van der Waals surface area contributed by atoms with Gasteiger partial charge in [0.05, 0.1) is 12.3 Å². The number of hydrogen-bond acceptors (Lipinski definition) is 5. The number of nitrogens with two attached hydrogens (primary N) is 1. The molecule has 0 heterocycles. The molecule has 5 heteroatoms. The van der Waals surface area contributed by atoms with Crippen LogP contribution in [0.5, 0.6) is 0 Å². The van der Waals surface area contributed by atoms with Gasteiger partial charge in [-0.25, -0.2) is 0 Å². The van der Waals surface area contributed by atoms with Gasteiger partial charge in [-0.1, -0.05) is 12.1 Å². The summed E-state index contributed by atoms with van der Waals surface area (Å²) >= 11 is 0. The second-order valence-electron chi connectivity index (χ2n) is 5.15. The number of ketones is 2. The number of anilines is 1. The molecule has 2 rings (SSSR count). The predicted molar refractivity (Wildman–Crippen MR) is 85.1 cm³/mol. The van der Waals surface area contributed by atoms with Crippen molar-refractivity contribution in [1.29, 1.82) is 0 Å². The Labute approximate surface area is 129 Å². The molecule has 1 aromatic rings. The van der Waals surface area contributed by atoms with Crippen LogP contribution in [0.3, 0.4) is 0 Å². The molecular formula is C17H20N2O3. The van der Waals surface area contributed by atoms with Crippen molar-refractivity contribution < 1.29 is 14.7 Å². The van der Waals surface area contributed by atoms with E-state index in [0.29, 0.717) is 36.5 Å². The first-order valence-corrected chi connectivity index (χ1v) is 7.26. The Balaban J connectivity index is 2.16. The van der Waals surface area contributed by atoms with Crippen LogP contribution in [-0.2, 0) is 16.0 Å². The van der Waals surface area contributed by atoms with E-state index in [1.165, 1.54) is 12.2 Å². The summed E-state index contributed by atoms with van der Waals surface area (Å²) in [7, 11) is 0. The number of carbonyl (C=O) groups excluding carboxylic acids is 2. The minimum absolute atomic E-state index is 0.0609. The average Bonchev–Trinajstić information content (AvgIpc) is 2.50. The van der Waals surface area contributed by atoms with Crippen LogP contribution in [0.4, 0.5) is 5.69 Å². The molecule has 116 valence electrons. The molecule has 0 fully saturated rings. The Hall–Kier alpha value is -2.40. The summed E-state index contributed by atoms with van der Waals surface area (Å²) in [6.07, 6.45) is 3.17. The van der Waals surface area contributed by atoms with Crippen LogP contribution >= 0.6 is 0 Å². The fourth-order valence-corrected chi connectivity index (χ4v) is 2.40. The summed E-state index contributed by atoms with van der Waals surface area (Å²) in [4.78, 5) is 26.2. The maximum atomic E-state index is 12.2. The lowest BCUT2D eigenvalue weighted by atomic mass is 9.94. The highest BCUT2D eigenvalue weighted by Crippen LogP contribution is 2.19. The number of rotatable bonds is 6. The number of nitrogens with zero attached hydrogens (tertiary/aromatic N) is 1. The maximum absolute atomic E-state index is 12.2. The van der Waals surface area contributed by atoms with Gasteiger partial charge < -0.3 is 15.7 Å². The van der Waals surface area contributed by atoms with E-state index in [2.05, 4.69) is 0 Å². The van der Waals surface area contributed by atoms with E-state index < -0.39 is 0 Å². The molecule has 0 amide bonds. The van der Waals surface area contributed by atoms with E-state index in [9.17, 15) is 9.59 Å². The van der Waals surface area contributed by atoms with Gasteiger partial charge in [0.1, 0.15) is 0 Å². The van der Waals surface area contributed by atoms with Crippen molar-refractivity contribution in [2.24, 2.45) is 0 Å². The zero-order chi connectivity index (χ0) is 16.1. The fraction of sp³-hybridized carbons (Fsp3) is 0.294. The first kappa shape index (κ1) is 16.0. The minimum Gasteiger partial charge on any atom is -0.399 e. The van der Waals surface area contributed by atoms with Crippen LogP contribution in [0.1, 0.15) is 12.5 Å². The van der Waals surface area contributed by atoms with Crippen molar-refractivity contribution in [3.8, 4) is 0 Å². The van der Waals surface area contributed by atoms with Crippen LogP contribution in [0, 0.1) is 0 Å². The number of aliphatic hydroxyl groups excluding tert-OH is 1. The molecule has 0 atom stereocenters. The van der Waals surface area contributed by atoms with E-state index in [1.54, 1.807) is 17.0 Å². The van der Waals surface area contributed by atoms with Crippen LogP contribution in [0.15, 0.2) is 47.7 Å². The van der Waals surface area contributed by atoms with E-state index in [0.717, 1.165) is 5.56 Å². The number of benzene rings is 1. The van der Waals surface area contributed by atoms with Gasteiger partial charge in [-0.15, -0.1) is 0 Å². The first-order valence-electron chi connectivity index (χ1n) is 7.26. The monoisotopic (exact) mass is 300 g/mol. The number of allylic oxidation sites excluding steroid dienone is 3. The molecule has 0 bridgehead atoms. The Morgan fingerprint density at radius 3 is 2.36 bits per heavy atom. The molecule has 0 saturated heterocycles. The standard InChI is InChI=1S/C17H20N2O3/c1-2-19(7-8-20)15-11-16(21)13(10-17(15)22)9-12-3-5-14(18)6-4-12/h3-6,10-11,20H,2,7-9,18H2,1H3. The van der Waals surface area contributed by atoms with Crippen molar-refractivity contribution in [3.63, 3.8) is 0 Å². The SMILES string of the molecule is CCN(CCO)C1=CC(=O)C(Cc2ccc(N)cc2)=CC1=O. The van der Waals surface area contributed by atoms with Gasteiger partial charge in [-0.05, 0) is 30.7 Å². The summed E-state index contributed by atoms with van der Waals surface area (Å²) in [6, 6.07) is 7.23. The second-order valence-corrected chi connectivity index (χ2v) is 5.15. The van der Waals surface area contributed by atoms with Crippen LogP contribution in [0.25, 0.3) is 0 Å². The summed E-state index contributed by atoms with van der Waals surface area (Å²) in [6.45, 7) is 2.71. The molecule has 5 nitrogen and oxygen atoms in total. The summed E-state index contributed by atoms with van der Waals surface area (Å²) in [5, 5.41) is 9.03. The number of aliphatic hydroxyl groups is 1. The summed E-state index contributed by atoms with van der Waals surface area (Å²) < 4.78 is 0. The number of nitrogen functional groups attached to an aromatic ring is 1. The van der Waals surface area contributed by atoms with E-state index in [1.807, 2.05) is 19.1 Å². The van der Waals surface area contributed by atoms with Gasteiger partial charge in [-0.3, -0.25) is 9.59 Å². The van der Waals surface area contributed by atoms with E-state index in [4.69, 9.17) is 10.8 Å². The third-order valence-corrected chi connectivity index (χ3v) is 3.61. The van der Waals surface area contributed by atoms with Crippen molar-refractivity contribution >= 4 is 17.3 Å². The normalized spacial score (nSPS) is 14.6. The Morgan fingerprint density at radius 2 is 1.77 bits per heavy atom. The smallest absolute Gasteiger partial charge is 0.202 e. The zero-order valence-electron chi connectivity index (χ0n) is 12.6. The molecule has 0 radical (unpaired) electrons. The minimum atomic E-state index is -0.194. The summed E-state index contributed by atoms with van der Waals surface area (Å²) in [5.74, 6) is -0.358. The van der Waals surface area contributed by atoms with Gasteiger partial charge in [-0.2, -0.15) is 0 Å². The van der Waals surface area contributed by atoms with Gasteiger partial charge in [0.15, 0.2) is 5.78 Å². The molecule has 1 aliphatic carbocycles. The molecule has 0 unspecified atom stereocenters. The topological polar surface area (TPSA) is 83.6 Å². The molecule has 0 aromatic heterocycles.